The first-order chi connectivity index (χ1) is 1.00. The summed E-state index contributed by atoms with van der Waals surface area (Å²) in [6.07, 6.45) is 3.06. The predicted octanol–water partition coefficient (Wildman–Crippen LogP) is 1.83. The van der Waals surface area contributed by atoms with Crippen LogP contribution in [0.15, 0.2) is 0 Å². The van der Waals surface area contributed by atoms with E-state index in [0.717, 1.165) is 0 Å². The van der Waals surface area contributed by atoms with E-state index in [4.69, 9.17) is 0 Å². The number of rotatable bonds is 0. The maximum atomic E-state index is 3.06. The van der Waals surface area contributed by atoms with Gasteiger partial charge in [-0.15, -0.1) is 46.1 Å². The quantitative estimate of drug-likeness (QED) is 0.468. The average Bonchev–Trinajstić information content (AvgIpc) is 1.00. The zero-order valence-corrected chi connectivity index (χ0v) is 5.88. The lowest BCUT2D eigenvalue weighted by Crippen LogP contribution is -0.617. The fourth-order valence-corrected chi connectivity index (χ4v) is 0. The molecule has 0 atom stereocenters. The summed E-state index contributed by atoms with van der Waals surface area (Å²) >= 11 is 0. The molecule has 4 heteroatoms. The van der Waals surface area contributed by atoms with Gasteiger partial charge in [0.25, 0.3) is 0 Å². The van der Waals surface area contributed by atoms with Crippen molar-refractivity contribution < 1.29 is 0 Å². The fourth-order valence-electron chi connectivity index (χ4n) is 0. The third-order valence-corrected chi connectivity index (χ3v) is 0. The standard InChI is InChI=1S/CH3P.3ClH/c1-2;;;/h2H,1H2;3*1H. The average molecular weight is 155 g/mol. The van der Waals surface area contributed by atoms with E-state index < -0.39 is 0 Å². The van der Waals surface area contributed by atoms with Crippen LogP contribution >= 0.6 is 46.1 Å². The lowest BCUT2D eigenvalue weighted by molar-refractivity contribution is 4.77. The Hall–Kier alpha value is 1.04. The van der Waals surface area contributed by atoms with Crippen molar-refractivity contribution in [3.05, 3.63) is 0 Å². The largest absolute Gasteiger partial charge is 0.147 e. The van der Waals surface area contributed by atoms with Crippen molar-refractivity contribution in [3.63, 3.8) is 0 Å². The topological polar surface area (TPSA) is 0 Å². The Bertz CT molecular complexity index is 6.85. The van der Waals surface area contributed by atoms with Gasteiger partial charge in [-0.3, -0.25) is 0 Å². The Labute approximate surface area is 52.8 Å². The molecular formula is CH6Cl3P. The molecule has 0 spiro atoms. The first-order valence-corrected chi connectivity index (χ1v) is 1.06. The summed E-state index contributed by atoms with van der Waals surface area (Å²) in [5.74, 6) is 0. The van der Waals surface area contributed by atoms with Crippen molar-refractivity contribution in [2.45, 2.75) is 0 Å². The zero-order valence-electron chi connectivity index (χ0n) is 2.43. The summed E-state index contributed by atoms with van der Waals surface area (Å²) in [5, 5.41) is 0. The van der Waals surface area contributed by atoms with E-state index >= 15 is 0 Å². The second-order valence-corrected chi connectivity index (χ2v) is 0. The van der Waals surface area contributed by atoms with Crippen molar-refractivity contribution in [2.24, 2.45) is 0 Å². The van der Waals surface area contributed by atoms with Crippen LogP contribution < -0.4 is 0 Å². The van der Waals surface area contributed by atoms with Gasteiger partial charge in [-0.05, 0) is 0 Å². The second-order valence-electron chi connectivity index (χ2n) is 0. The van der Waals surface area contributed by atoms with Crippen LogP contribution in [0.5, 0.6) is 0 Å². The van der Waals surface area contributed by atoms with Gasteiger partial charge in [0.2, 0.25) is 0 Å². The highest BCUT2D eigenvalue weighted by atomic mass is 35.5. The summed E-state index contributed by atoms with van der Waals surface area (Å²) in [5.41, 5.74) is 0. The maximum Gasteiger partial charge on any atom is -0.0786 e. The molecule has 0 saturated heterocycles. The molecule has 0 aliphatic heterocycles. The molecular weight excluding hydrogens is 149 g/mol. The molecule has 0 bridgehead atoms. The summed E-state index contributed by atoms with van der Waals surface area (Å²) in [4.78, 5) is 0. The van der Waals surface area contributed by atoms with Crippen LogP contribution in [-0.4, -0.2) is 6.30 Å². The monoisotopic (exact) mass is 154 g/mol. The summed E-state index contributed by atoms with van der Waals surface area (Å²) in [6.45, 7) is 0. The fraction of sp³-hybridized carbons (Fsp3) is 0. The molecule has 0 aromatic heterocycles. The highest BCUT2D eigenvalue weighted by molar-refractivity contribution is 7.15. The van der Waals surface area contributed by atoms with E-state index in [-0.39, 0.29) is 37.2 Å². The summed E-state index contributed by atoms with van der Waals surface area (Å²) in [6, 6.07) is 0. The molecule has 0 fully saturated rings. The van der Waals surface area contributed by atoms with Gasteiger partial charge in [0.05, 0.1) is 0 Å². The van der Waals surface area contributed by atoms with E-state index in [1.165, 1.54) is 0 Å². The molecule has 0 N–H and O–H groups in total. The van der Waals surface area contributed by atoms with Crippen molar-refractivity contribution in [2.75, 3.05) is 0 Å². The van der Waals surface area contributed by atoms with Gasteiger partial charge in [0.15, 0.2) is 0 Å². The molecule has 5 heavy (non-hydrogen) atoms. The van der Waals surface area contributed by atoms with E-state index in [9.17, 15) is 0 Å². The van der Waals surface area contributed by atoms with Crippen molar-refractivity contribution in [1.82, 2.24) is 0 Å². The first-order valence-electron chi connectivity index (χ1n) is 0.354. The van der Waals surface area contributed by atoms with E-state index in [1.54, 1.807) is 0 Å². The minimum absolute atomic E-state index is 0. The SMILES string of the molecule is C=P.Cl.Cl.Cl. The van der Waals surface area contributed by atoms with Gasteiger partial charge in [0.1, 0.15) is 0 Å². The third-order valence-electron chi connectivity index (χ3n) is 0. The molecule has 0 nitrogen and oxygen atoms in total. The van der Waals surface area contributed by atoms with Crippen LogP contribution in [0, 0.1) is 0 Å². The Morgan fingerprint density at radius 1 is 0.800 bits per heavy atom. The zero-order chi connectivity index (χ0) is 2.00. The lowest BCUT2D eigenvalue weighted by Gasteiger charge is -0.812. The van der Waals surface area contributed by atoms with Crippen LogP contribution in [0.4, 0.5) is 0 Å². The molecule has 0 unspecified atom stereocenters. The number of hydrogen-bond donors (Lipinski definition) is 0. The van der Waals surface area contributed by atoms with Crippen LogP contribution in [-0.2, 0) is 0 Å². The molecule has 36 valence electrons. The number of hydrogen-bond acceptors (Lipinski definition) is 0. The maximum absolute atomic E-state index is 3.06. The third kappa shape index (κ3) is 43.1. The van der Waals surface area contributed by atoms with Crippen molar-refractivity contribution in [1.29, 1.82) is 0 Å². The molecule has 0 radical (unpaired) electrons. The van der Waals surface area contributed by atoms with Gasteiger partial charge in [-0.25, -0.2) is 0 Å². The minimum atomic E-state index is 0. The van der Waals surface area contributed by atoms with Gasteiger partial charge < -0.3 is 0 Å². The summed E-state index contributed by atoms with van der Waals surface area (Å²) in [7, 11) is 2.72. The molecule has 0 aliphatic rings. The molecule has 0 aromatic rings. The molecule has 0 rings (SSSR count). The van der Waals surface area contributed by atoms with Crippen LogP contribution in [0.1, 0.15) is 0 Å². The molecule has 0 aromatic carbocycles. The van der Waals surface area contributed by atoms with Crippen molar-refractivity contribution >= 4 is 52.4 Å². The first kappa shape index (κ1) is 36.9. The van der Waals surface area contributed by atoms with Crippen LogP contribution in [0.3, 0.4) is 0 Å². The predicted molar refractivity (Wildman–Crippen MR) is 37.2 cm³/mol. The van der Waals surface area contributed by atoms with Crippen molar-refractivity contribution in [3.8, 4) is 0 Å². The van der Waals surface area contributed by atoms with E-state index in [0.29, 0.717) is 0 Å². The van der Waals surface area contributed by atoms with Gasteiger partial charge in [-0.1, -0.05) is 6.30 Å². The summed E-state index contributed by atoms with van der Waals surface area (Å²) < 4.78 is 0. The molecule has 0 amide bonds. The Balaban J connectivity index is -0.00000000167. The van der Waals surface area contributed by atoms with Crippen LogP contribution in [0.25, 0.3) is 0 Å². The Morgan fingerprint density at radius 3 is 0.800 bits per heavy atom. The minimum Gasteiger partial charge on any atom is -0.147 e. The second kappa shape index (κ2) is 76.1. The van der Waals surface area contributed by atoms with Gasteiger partial charge in [-0.2, -0.15) is 0 Å². The normalized spacial score (nSPS) is 0.800. The van der Waals surface area contributed by atoms with Gasteiger partial charge in [0, 0.05) is 0 Å². The van der Waals surface area contributed by atoms with Crippen LogP contribution in [0.2, 0.25) is 0 Å². The lowest BCUT2D eigenvalue weighted by atomic mass is 12.0. The highest BCUT2D eigenvalue weighted by Gasteiger charge is 0.603. The van der Waals surface area contributed by atoms with Gasteiger partial charge >= 0.3 is 0 Å². The molecule has 0 heterocycles. The van der Waals surface area contributed by atoms with E-state index in [1.807, 2.05) is 0 Å². The highest BCUT2D eigenvalue weighted by Crippen LogP contribution is 1.20. The smallest absolute Gasteiger partial charge is 0.0786 e. The molecule has 0 saturated carbocycles. The van der Waals surface area contributed by atoms with E-state index in [2.05, 4.69) is 15.2 Å². The Morgan fingerprint density at radius 2 is 0.800 bits per heavy atom. The Kier molecular flexibility index (Phi) is 561. The molecule has 0 aliphatic carbocycles. The number of halogens is 3.